The summed E-state index contributed by atoms with van der Waals surface area (Å²) in [6.45, 7) is 2.04. The molecule has 3 nitrogen and oxygen atoms in total. The Balaban J connectivity index is 1.34. The van der Waals surface area contributed by atoms with Gasteiger partial charge in [0, 0.05) is 10.9 Å². The second-order valence-corrected chi connectivity index (χ2v) is 9.18. The van der Waals surface area contributed by atoms with Crippen LogP contribution in [0.1, 0.15) is 51.9 Å². The number of carbonyl (C=O) groups excluding carboxylic acids is 1. The Morgan fingerprint density at radius 1 is 1.04 bits per heavy atom. The van der Waals surface area contributed by atoms with E-state index < -0.39 is 6.10 Å². The van der Waals surface area contributed by atoms with Crippen molar-refractivity contribution < 1.29 is 9.53 Å². The fraction of sp³-hybridized carbons (Fsp3) is 0.542. The molecule has 0 radical (unpaired) electrons. The molecule has 142 valence electrons. The van der Waals surface area contributed by atoms with Crippen molar-refractivity contribution in [3.8, 4) is 5.75 Å². The summed E-state index contributed by atoms with van der Waals surface area (Å²) in [5.74, 6) is 3.37. The molecule has 3 heteroatoms. The smallest absolute Gasteiger partial charge is 0.261 e. The average Bonchev–Trinajstić information content (AvgIpc) is 2.64. The number of rotatable bonds is 5. The van der Waals surface area contributed by atoms with Crippen molar-refractivity contribution in [3.05, 3.63) is 42.5 Å². The third-order valence-corrected chi connectivity index (χ3v) is 7.11. The summed E-state index contributed by atoms with van der Waals surface area (Å²) < 4.78 is 6.24. The molecule has 0 spiro atoms. The molecular formula is C24H29NO2. The van der Waals surface area contributed by atoms with Crippen molar-refractivity contribution >= 4 is 16.7 Å². The first kappa shape index (κ1) is 17.1. The molecule has 1 N–H and O–H groups in total. The molecule has 27 heavy (non-hydrogen) atoms. The third-order valence-electron chi connectivity index (χ3n) is 7.11. The highest BCUT2D eigenvalue weighted by Gasteiger charge is 2.51. The van der Waals surface area contributed by atoms with Crippen LogP contribution in [-0.2, 0) is 4.79 Å². The zero-order valence-corrected chi connectivity index (χ0v) is 16.1. The highest BCUT2D eigenvalue weighted by molar-refractivity contribution is 5.89. The number of amides is 1. The molecule has 2 aromatic carbocycles. The van der Waals surface area contributed by atoms with Gasteiger partial charge in [-0.25, -0.2) is 0 Å². The topological polar surface area (TPSA) is 38.3 Å². The third kappa shape index (κ3) is 3.11. The Labute approximate surface area is 161 Å². The lowest BCUT2D eigenvalue weighted by Gasteiger charge is -2.57. The minimum Gasteiger partial charge on any atom is -0.480 e. The minimum atomic E-state index is -0.427. The molecule has 4 aliphatic carbocycles. The number of carbonyl (C=O) groups is 1. The number of hydrogen-bond acceptors (Lipinski definition) is 2. The van der Waals surface area contributed by atoms with Gasteiger partial charge in [0.15, 0.2) is 6.10 Å². The van der Waals surface area contributed by atoms with Crippen LogP contribution in [0.3, 0.4) is 0 Å². The SMILES string of the molecule is CC[C@@H](Oc1cccc2ccccc12)C(=O)NC12CC3CC(CC(C3)C1)C2. The van der Waals surface area contributed by atoms with E-state index in [9.17, 15) is 4.79 Å². The van der Waals surface area contributed by atoms with Gasteiger partial charge in [-0.15, -0.1) is 0 Å². The first-order valence-corrected chi connectivity index (χ1v) is 10.6. The molecule has 1 amide bonds. The predicted octanol–water partition coefficient (Wildman–Crippen LogP) is 5.08. The second-order valence-electron chi connectivity index (χ2n) is 9.18. The lowest BCUT2D eigenvalue weighted by atomic mass is 9.53. The van der Waals surface area contributed by atoms with Crippen molar-refractivity contribution in [1.29, 1.82) is 0 Å². The number of hydrogen-bond donors (Lipinski definition) is 1. The van der Waals surface area contributed by atoms with Crippen LogP contribution in [0.5, 0.6) is 5.75 Å². The Bertz CT molecular complexity index is 818. The van der Waals surface area contributed by atoms with Crippen LogP contribution in [0.4, 0.5) is 0 Å². The summed E-state index contributed by atoms with van der Waals surface area (Å²) >= 11 is 0. The van der Waals surface area contributed by atoms with E-state index in [1.54, 1.807) is 0 Å². The number of fused-ring (bicyclic) bond motifs is 1. The van der Waals surface area contributed by atoms with E-state index in [2.05, 4.69) is 23.5 Å². The molecule has 0 unspecified atom stereocenters. The van der Waals surface area contributed by atoms with Gasteiger partial charge in [-0.05, 0) is 74.2 Å². The lowest BCUT2D eigenvalue weighted by Crippen LogP contribution is -2.61. The minimum absolute atomic E-state index is 0.0430. The first-order chi connectivity index (χ1) is 13.1. The van der Waals surface area contributed by atoms with Gasteiger partial charge in [-0.1, -0.05) is 43.3 Å². The summed E-state index contributed by atoms with van der Waals surface area (Å²) in [7, 11) is 0. The van der Waals surface area contributed by atoms with E-state index in [0.29, 0.717) is 6.42 Å². The Kier molecular flexibility index (Phi) is 4.14. The molecule has 4 saturated carbocycles. The van der Waals surface area contributed by atoms with E-state index in [-0.39, 0.29) is 11.4 Å². The van der Waals surface area contributed by atoms with Gasteiger partial charge >= 0.3 is 0 Å². The molecule has 4 fully saturated rings. The van der Waals surface area contributed by atoms with Crippen molar-refractivity contribution in [2.45, 2.75) is 63.5 Å². The highest BCUT2D eigenvalue weighted by Crippen LogP contribution is 2.55. The molecular weight excluding hydrogens is 334 g/mol. The van der Waals surface area contributed by atoms with Crippen molar-refractivity contribution in [3.63, 3.8) is 0 Å². The van der Waals surface area contributed by atoms with Crippen molar-refractivity contribution in [2.24, 2.45) is 17.8 Å². The first-order valence-electron chi connectivity index (χ1n) is 10.6. The molecule has 0 heterocycles. The van der Waals surface area contributed by atoms with Crippen LogP contribution in [0.15, 0.2) is 42.5 Å². The summed E-state index contributed by atoms with van der Waals surface area (Å²) in [6.07, 6.45) is 7.95. The quantitative estimate of drug-likeness (QED) is 0.804. The average molecular weight is 364 g/mol. The van der Waals surface area contributed by atoms with E-state index in [1.807, 2.05) is 31.2 Å². The zero-order valence-electron chi connectivity index (χ0n) is 16.1. The fourth-order valence-electron chi connectivity index (χ4n) is 6.38. The Morgan fingerprint density at radius 3 is 2.33 bits per heavy atom. The van der Waals surface area contributed by atoms with Crippen LogP contribution in [0.25, 0.3) is 10.8 Å². The summed E-state index contributed by atoms with van der Waals surface area (Å²) in [5, 5.41) is 5.70. The monoisotopic (exact) mass is 363 g/mol. The fourth-order valence-corrected chi connectivity index (χ4v) is 6.38. The van der Waals surface area contributed by atoms with E-state index in [0.717, 1.165) is 34.3 Å². The zero-order chi connectivity index (χ0) is 18.4. The van der Waals surface area contributed by atoms with Gasteiger partial charge in [0.2, 0.25) is 0 Å². The molecule has 2 aromatic rings. The second kappa shape index (κ2) is 6.54. The molecule has 0 aliphatic heterocycles. The van der Waals surface area contributed by atoms with Crippen LogP contribution in [-0.4, -0.2) is 17.6 Å². The number of ether oxygens (including phenoxy) is 1. The lowest BCUT2D eigenvalue weighted by molar-refractivity contribution is -0.133. The van der Waals surface area contributed by atoms with Gasteiger partial charge in [-0.2, -0.15) is 0 Å². The predicted molar refractivity (Wildman–Crippen MR) is 108 cm³/mol. The van der Waals surface area contributed by atoms with E-state index in [1.165, 1.54) is 38.5 Å². The number of nitrogens with one attached hydrogen (secondary N) is 1. The van der Waals surface area contributed by atoms with Gasteiger partial charge < -0.3 is 10.1 Å². The normalized spacial score (nSPS) is 32.4. The van der Waals surface area contributed by atoms with Crippen molar-refractivity contribution in [1.82, 2.24) is 5.32 Å². The van der Waals surface area contributed by atoms with Gasteiger partial charge in [0.05, 0.1) is 0 Å². The Hall–Kier alpha value is -2.03. The van der Waals surface area contributed by atoms with Gasteiger partial charge in [0.1, 0.15) is 5.75 Å². The van der Waals surface area contributed by atoms with Gasteiger partial charge in [-0.3, -0.25) is 4.79 Å². The van der Waals surface area contributed by atoms with Gasteiger partial charge in [0.25, 0.3) is 5.91 Å². The van der Waals surface area contributed by atoms with Crippen LogP contribution in [0.2, 0.25) is 0 Å². The Morgan fingerprint density at radius 2 is 1.67 bits per heavy atom. The molecule has 0 aromatic heterocycles. The maximum atomic E-state index is 13.2. The largest absolute Gasteiger partial charge is 0.480 e. The van der Waals surface area contributed by atoms with Crippen molar-refractivity contribution in [2.75, 3.05) is 0 Å². The van der Waals surface area contributed by atoms with Crippen LogP contribution >= 0.6 is 0 Å². The summed E-state index contributed by atoms with van der Waals surface area (Å²) in [4.78, 5) is 13.2. The molecule has 4 aliphatic rings. The summed E-state index contributed by atoms with van der Waals surface area (Å²) in [5.41, 5.74) is 0.0430. The van der Waals surface area contributed by atoms with Crippen LogP contribution in [0, 0.1) is 17.8 Å². The summed E-state index contributed by atoms with van der Waals surface area (Å²) in [6, 6.07) is 14.3. The van der Waals surface area contributed by atoms with E-state index in [4.69, 9.17) is 4.74 Å². The number of benzene rings is 2. The maximum Gasteiger partial charge on any atom is 0.261 e. The maximum absolute atomic E-state index is 13.2. The molecule has 1 atom stereocenters. The van der Waals surface area contributed by atoms with E-state index >= 15 is 0 Å². The molecule has 0 saturated heterocycles. The van der Waals surface area contributed by atoms with Crippen LogP contribution < -0.4 is 10.1 Å². The standard InChI is InChI=1S/C24H29NO2/c1-2-21(27-22-9-5-7-19-6-3-4-8-20(19)22)23(26)25-24-13-16-10-17(14-24)12-18(11-16)15-24/h3-9,16-18,21H,2,10-15H2,1H3,(H,25,26)/t16?,17?,18?,21-,24?/m1/s1. The molecule has 6 rings (SSSR count). The molecule has 4 bridgehead atoms. The highest BCUT2D eigenvalue weighted by atomic mass is 16.5.